The van der Waals surface area contributed by atoms with E-state index >= 15 is 0 Å². The molecular weight excluding hydrogens is 328 g/mol. The molecule has 0 aliphatic rings. The maximum Gasteiger partial charge on any atom is 0.208 e. The molecule has 1 rings (SSSR count). The molecule has 0 aliphatic carbocycles. The first-order valence-corrected chi connectivity index (χ1v) is 7.62. The van der Waals surface area contributed by atoms with Gasteiger partial charge in [0.2, 0.25) is 11.5 Å². The monoisotopic (exact) mass is 354 g/mol. The van der Waals surface area contributed by atoms with Gasteiger partial charge in [0.15, 0.2) is 25.1 Å². The number of aliphatic hydroxyl groups excluding tert-OH is 1. The smallest absolute Gasteiger partial charge is 0.208 e. The fourth-order valence-corrected chi connectivity index (χ4v) is 2.21. The van der Waals surface area contributed by atoms with Gasteiger partial charge in [-0.15, -0.1) is 0 Å². The van der Waals surface area contributed by atoms with Crippen LogP contribution in [0.1, 0.15) is 11.1 Å². The van der Waals surface area contributed by atoms with Gasteiger partial charge in [-0.2, -0.15) is 0 Å². The van der Waals surface area contributed by atoms with Gasteiger partial charge in [-0.25, -0.2) is 0 Å². The topological polar surface area (TPSA) is 75.6 Å². The van der Waals surface area contributed by atoms with E-state index in [9.17, 15) is 0 Å². The number of ether oxygens (including phenoxy) is 6. The Morgan fingerprint density at radius 1 is 0.800 bits per heavy atom. The molecule has 0 aliphatic heterocycles. The highest BCUT2D eigenvalue weighted by Crippen LogP contribution is 2.50. The minimum absolute atomic E-state index is 0.0372. The molecule has 0 amide bonds. The second-order valence-corrected chi connectivity index (χ2v) is 4.83. The molecule has 0 radical (unpaired) electrons. The summed E-state index contributed by atoms with van der Waals surface area (Å²) in [6, 6.07) is 0. The second kappa shape index (κ2) is 11.4. The highest BCUT2D eigenvalue weighted by molar-refractivity contribution is 5.75. The molecule has 0 saturated carbocycles. The summed E-state index contributed by atoms with van der Waals surface area (Å²) in [6.07, 6.45) is 6.95. The highest BCUT2D eigenvalue weighted by atomic mass is 16.7. The molecule has 0 bridgehead atoms. The number of hydrogen-bond acceptors (Lipinski definition) is 7. The Bertz CT molecular complexity index is 594. The van der Waals surface area contributed by atoms with Crippen LogP contribution in [-0.4, -0.2) is 53.7 Å². The molecule has 0 aromatic heterocycles. The third-order valence-electron chi connectivity index (χ3n) is 3.27. The molecule has 140 valence electrons. The summed E-state index contributed by atoms with van der Waals surface area (Å²) in [5.41, 5.74) is 1.53. The van der Waals surface area contributed by atoms with E-state index in [0.29, 0.717) is 23.0 Å². The number of hydrogen-bond donors (Lipinski definition) is 1. The summed E-state index contributed by atoms with van der Waals surface area (Å²) in [7, 11) is 6.12. The van der Waals surface area contributed by atoms with Gasteiger partial charge >= 0.3 is 0 Å². The maximum atomic E-state index is 8.85. The molecule has 0 fully saturated rings. The van der Waals surface area contributed by atoms with Crippen LogP contribution in [0, 0.1) is 6.92 Å². The van der Waals surface area contributed by atoms with E-state index < -0.39 is 0 Å². The molecule has 7 nitrogen and oxygen atoms in total. The summed E-state index contributed by atoms with van der Waals surface area (Å²) in [5.74, 6) is 1.77. The van der Waals surface area contributed by atoms with Gasteiger partial charge in [0.1, 0.15) is 0 Å². The summed E-state index contributed by atoms with van der Waals surface area (Å²) < 4.78 is 32.3. The zero-order chi connectivity index (χ0) is 18.7. The van der Waals surface area contributed by atoms with Crippen LogP contribution < -0.4 is 18.9 Å². The zero-order valence-corrected chi connectivity index (χ0v) is 15.3. The van der Waals surface area contributed by atoms with Crippen molar-refractivity contribution in [1.82, 2.24) is 0 Å². The lowest BCUT2D eigenvalue weighted by Gasteiger charge is -2.21. The first-order chi connectivity index (χ1) is 12.2. The second-order valence-electron chi connectivity index (χ2n) is 4.83. The third-order valence-corrected chi connectivity index (χ3v) is 3.27. The zero-order valence-electron chi connectivity index (χ0n) is 15.3. The molecular formula is C18H26O7. The summed E-state index contributed by atoms with van der Waals surface area (Å²) in [4.78, 5) is 0. The Hall–Kier alpha value is -2.22. The van der Waals surface area contributed by atoms with E-state index in [-0.39, 0.29) is 20.2 Å². The summed E-state index contributed by atoms with van der Waals surface area (Å²) in [5, 5.41) is 8.85. The standard InChI is InChI=1S/C18H26O7/c1-13-14(9-7-6-8-10-19)16(25-12-21-3)18(23-5)17(22-4)15(13)24-11-20-2/h6-9,19H,10-12H2,1-5H3/b8-6+,9-7+. The van der Waals surface area contributed by atoms with E-state index in [1.54, 1.807) is 18.2 Å². The Morgan fingerprint density at radius 2 is 1.36 bits per heavy atom. The predicted octanol–water partition coefficient (Wildman–Crippen LogP) is 2.54. The van der Waals surface area contributed by atoms with Crippen LogP contribution in [-0.2, 0) is 9.47 Å². The Labute approximate surface area is 148 Å². The van der Waals surface area contributed by atoms with Gasteiger partial charge in [0.25, 0.3) is 0 Å². The highest BCUT2D eigenvalue weighted by Gasteiger charge is 2.25. The molecule has 25 heavy (non-hydrogen) atoms. The van der Waals surface area contributed by atoms with E-state index in [4.69, 9.17) is 33.5 Å². The summed E-state index contributed by atoms with van der Waals surface area (Å²) >= 11 is 0. The number of benzene rings is 1. The van der Waals surface area contributed by atoms with Crippen molar-refractivity contribution in [3.05, 3.63) is 29.4 Å². The minimum atomic E-state index is -0.0372. The molecule has 1 aromatic carbocycles. The van der Waals surface area contributed by atoms with Crippen LogP contribution >= 0.6 is 0 Å². The molecule has 0 spiro atoms. The van der Waals surface area contributed by atoms with Crippen molar-refractivity contribution in [2.24, 2.45) is 0 Å². The van der Waals surface area contributed by atoms with Gasteiger partial charge in [-0.3, -0.25) is 0 Å². The SMILES string of the molecule is COCOc1c(C)c(/C=C/C=C/CO)c(OCOC)c(OC)c1OC. The molecule has 0 heterocycles. The molecule has 1 aromatic rings. The summed E-state index contributed by atoms with van der Waals surface area (Å²) in [6.45, 7) is 1.95. The third kappa shape index (κ3) is 5.38. The fraction of sp³-hybridized carbons (Fsp3) is 0.444. The van der Waals surface area contributed by atoms with Crippen molar-refractivity contribution in [3.63, 3.8) is 0 Å². The largest absolute Gasteiger partial charge is 0.490 e. The van der Waals surface area contributed by atoms with E-state index in [1.165, 1.54) is 28.4 Å². The van der Waals surface area contributed by atoms with Crippen LogP contribution in [0.25, 0.3) is 6.08 Å². The first-order valence-electron chi connectivity index (χ1n) is 7.62. The van der Waals surface area contributed by atoms with Crippen LogP contribution in [0.2, 0.25) is 0 Å². The van der Waals surface area contributed by atoms with E-state index in [1.807, 2.05) is 13.0 Å². The normalized spacial score (nSPS) is 11.3. The van der Waals surface area contributed by atoms with E-state index in [0.717, 1.165) is 11.1 Å². The Kier molecular flexibility index (Phi) is 9.46. The Balaban J connectivity index is 3.55. The minimum Gasteiger partial charge on any atom is -0.490 e. The van der Waals surface area contributed by atoms with Crippen LogP contribution in [0.5, 0.6) is 23.0 Å². The van der Waals surface area contributed by atoms with Crippen molar-refractivity contribution in [3.8, 4) is 23.0 Å². The van der Waals surface area contributed by atoms with Gasteiger partial charge in [0, 0.05) is 25.3 Å². The molecule has 0 unspecified atom stereocenters. The maximum absolute atomic E-state index is 8.85. The van der Waals surface area contributed by atoms with Gasteiger partial charge in [-0.05, 0) is 6.92 Å². The molecule has 1 N–H and O–H groups in total. The number of aliphatic hydroxyl groups is 1. The number of allylic oxidation sites excluding steroid dienone is 2. The van der Waals surface area contributed by atoms with Crippen LogP contribution in [0.4, 0.5) is 0 Å². The lowest BCUT2D eigenvalue weighted by Crippen LogP contribution is -2.08. The van der Waals surface area contributed by atoms with Crippen LogP contribution in [0.3, 0.4) is 0 Å². The molecule has 7 heteroatoms. The lowest BCUT2D eigenvalue weighted by molar-refractivity contribution is 0.0443. The average Bonchev–Trinajstić information content (AvgIpc) is 2.63. The van der Waals surface area contributed by atoms with Crippen molar-refractivity contribution in [1.29, 1.82) is 0 Å². The lowest BCUT2D eigenvalue weighted by atomic mass is 10.0. The van der Waals surface area contributed by atoms with Gasteiger partial charge in [-0.1, -0.05) is 24.3 Å². The molecule has 0 saturated heterocycles. The number of rotatable bonds is 11. The Morgan fingerprint density at radius 3 is 1.88 bits per heavy atom. The van der Waals surface area contributed by atoms with Crippen molar-refractivity contribution in [2.75, 3.05) is 48.6 Å². The van der Waals surface area contributed by atoms with Crippen molar-refractivity contribution >= 4 is 6.08 Å². The van der Waals surface area contributed by atoms with Crippen molar-refractivity contribution < 1.29 is 33.5 Å². The quantitative estimate of drug-likeness (QED) is 0.483. The van der Waals surface area contributed by atoms with E-state index in [2.05, 4.69) is 0 Å². The molecule has 0 atom stereocenters. The average molecular weight is 354 g/mol. The van der Waals surface area contributed by atoms with Crippen molar-refractivity contribution in [2.45, 2.75) is 6.92 Å². The predicted molar refractivity (Wildman–Crippen MR) is 94.6 cm³/mol. The fourth-order valence-electron chi connectivity index (χ4n) is 2.21. The van der Waals surface area contributed by atoms with Crippen LogP contribution in [0.15, 0.2) is 18.2 Å². The number of methoxy groups -OCH3 is 4. The van der Waals surface area contributed by atoms with Gasteiger partial charge < -0.3 is 33.5 Å². The van der Waals surface area contributed by atoms with Gasteiger partial charge in [0.05, 0.1) is 20.8 Å². The first kappa shape index (κ1) is 20.8.